The highest BCUT2D eigenvalue weighted by molar-refractivity contribution is 5.78. The van der Waals surface area contributed by atoms with Gasteiger partial charge in [-0.15, -0.1) is 0 Å². The van der Waals surface area contributed by atoms with Crippen LogP contribution in [-0.2, 0) is 11.2 Å². The SMILES string of the molecule is CC(C)N(C)C(=O)CNC(C)(C)CCc1ccccc1. The summed E-state index contributed by atoms with van der Waals surface area (Å²) in [6.07, 6.45) is 2.03. The quantitative estimate of drug-likeness (QED) is 0.830. The van der Waals surface area contributed by atoms with Crippen molar-refractivity contribution in [2.24, 2.45) is 0 Å². The average Bonchev–Trinajstić information content (AvgIpc) is 2.43. The summed E-state index contributed by atoms with van der Waals surface area (Å²) in [7, 11) is 1.85. The van der Waals surface area contributed by atoms with Gasteiger partial charge in [-0.1, -0.05) is 30.3 Å². The molecular formula is C17H28N2O. The second-order valence-corrected chi connectivity index (χ2v) is 6.32. The maximum absolute atomic E-state index is 12.0. The van der Waals surface area contributed by atoms with Crippen molar-refractivity contribution in [3.05, 3.63) is 35.9 Å². The second kappa shape index (κ2) is 7.44. The van der Waals surface area contributed by atoms with Crippen LogP contribution >= 0.6 is 0 Å². The van der Waals surface area contributed by atoms with Crippen LogP contribution in [0.4, 0.5) is 0 Å². The molecule has 0 saturated heterocycles. The third kappa shape index (κ3) is 5.74. The van der Waals surface area contributed by atoms with E-state index in [4.69, 9.17) is 0 Å². The van der Waals surface area contributed by atoms with Crippen molar-refractivity contribution in [3.63, 3.8) is 0 Å². The molecule has 0 aliphatic carbocycles. The van der Waals surface area contributed by atoms with Gasteiger partial charge in [0, 0.05) is 18.6 Å². The Morgan fingerprint density at radius 3 is 2.40 bits per heavy atom. The fraction of sp³-hybridized carbons (Fsp3) is 0.588. The minimum Gasteiger partial charge on any atom is -0.342 e. The summed E-state index contributed by atoms with van der Waals surface area (Å²) >= 11 is 0. The Morgan fingerprint density at radius 2 is 1.85 bits per heavy atom. The van der Waals surface area contributed by atoms with Gasteiger partial charge in [0.05, 0.1) is 6.54 Å². The monoisotopic (exact) mass is 276 g/mol. The van der Waals surface area contributed by atoms with Crippen molar-refractivity contribution >= 4 is 5.91 Å². The number of nitrogens with one attached hydrogen (secondary N) is 1. The molecule has 0 unspecified atom stereocenters. The molecule has 0 heterocycles. The molecule has 20 heavy (non-hydrogen) atoms. The summed E-state index contributed by atoms with van der Waals surface area (Å²) in [6.45, 7) is 8.75. The van der Waals surface area contributed by atoms with Gasteiger partial charge < -0.3 is 10.2 Å². The summed E-state index contributed by atoms with van der Waals surface area (Å²) in [6, 6.07) is 10.7. The van der Waals surface area contributed by atoms with Crippen LogP contribution in [0.25, 0.3) is 0 Å². The Morgan fingerprint density at radius 1 is 1.25 bits per heavy atom. The molecule has 0 aromatic heterocycles. The van der Waals surface area contributed by atoms with Gasteiger partial charge in [0.15, 0.2) is 0 Å². The van der Waals surface area contributed by atoms with Crippen molar-refractivity contribution in [1.29, 1.82) is 0 Å². The van der Waals surface area contributed by atoms with Crippen LogP contribution in [0.2, 0.25) is 0 Å². The first-order chi connectivity index (χ1) is 9.32. The van der Waals surface area contributed by atoms with Gasteiger partial charge >= 0.3 is 0 Å². The first-order valence-electron chi connectivity index (χ1n) is 7.36. The fourth-order valence-electron chi connectivity index (χ4n) is 1.92. The zero-order valence-electron chi connectivity index (χ0n) is 13.4. The lowest BCUT2D eigenvalue weighted by atomic mass is 9.95. The maximum atomic E-state index is 12.0. The molecule has 0 aliphatic rings. The van der Waals surface area contributed by atoms with Gasteiger partial charge in [0.25, 0.3) is 0 Å². The lowest BCUT2D eigenvalue weighted by molar-refractivity contribution is -0.130. The molecule has 0 bridgehead atoms. The lowest BCUT2D eigenvalue weighted by Crippen LogP contribution is -2.47. The first kappa shape index (κ1) is 16.7. The molecule has 3 heteroatoms. The summed E-state index contributed by atoms with van der Waals surface area (Å²) in [5, 5.41) is 3.37. The van der Waals surface area contributed by atoms with Gasteiger partial charge in [-0.3, -0.25) is 4.79 Å². The van der Waals surface area contributed by atoms with E-state index in [1.165, 1.54) is 5.56 Å². The predicted octanol–water partition coefficient (Wildman–Crippen LogP) is 2.85. The molecule has 112 valence electrons. The third-order valence-electron chi connectivity index (χ3n) is 3.77. The molecule has 1 aromatic carbocycles. The molecule has 0 radical (unpaired) electrons. The van der Waals surface area contributed by atoms with E-state index in [9.17, 15) is 4.79 Å². The Bertz CT molecular complexity index is 412. The summed E-state index contributed by atoms with van der Waals surface area (Å²) in [4.78, 5) is 13.7. The highest BCUT2D eigenvalue weighted by Gasteiger charge is 2.20. The number of aryl methyl sites for hydroxylation is 1. The molecular weight excluding hydrogens is 248 g/mol. The second-order valence-electron chi connectivity index (χ2n) is 6.32. The van der Waals surface area contributed by atoms with Crippen LogP contribution in [0.15, 0.2) is 30.3 Å². The van der Waals surface area contributed by atoms with Crippen molar-refractivity contribution in [1.82, 2.24) is 10.2 Å². The number of likely N-dealkylation sites (N-methyl/N-ethyl adjacent to an activating group) is 1. The van der Waals surface area contributed by atoms with Crippen LogP contribution in [0.5, 0.6) is 0 Å². The summed E-state index contributed by atoms with van der Waals surface area (Å²) in [5.41, 5.74) is 1.30. The molecule has 0 atom stereocenters. The lowest BCUT2D eigenvalue weighted by Gasteiger charge is -2.28. The van der Waals surface area contributed by atoms with Crippen LogP contribution in [0.1, 0.15) is 39.7 Å². The molecule has 0 saturated carbocycles. The molecule has 0 fully saturated rings. The number of amides is 1. The smallest absolute Gasteiger partial charge is 0.236 e. The van der Waals surface area contributed by atoms with Crippen molar-refractivity contribution < 1.29 is 4.79 Å². The molecule has 0 aliphatic heterocycles. The van der Waals surface area contributed by atoms with Crippen LogP contribution in [-0.4, -0.2) is 36.0 Å². The number of rotatable bonds is 7. The van der Waals surface area contributed by atoms with Gasteiger partial charge in [0.2, 0.25) is 5.91 Å². The van der Waals surface area contributed by atoms with E-state index in [2.05, 4.69) is 43.4 Å². The van der Waals surface area contributed by atoms with E-state index in [1.54, 1.807) is 4.90 Å². The number of carbonyl (C=O) groups excluding carboxylic acids is 1. The maximum Gasteiger partial charge on any atom is 0.236 e. The molecule has 1 N–H and O–H groups in total. The van der Waals surface area contributed by atoms with E-state index in [0.29, 0.717) is 6.54 Å². The van der Waals surface area contributed by atoms with Gasteiger partial charge in [0.1, 0.15) is 0 Å². The van der Waals surface area contributed by atoms with Gasteiger partial charge in [-0.2, -0.15) is 0 Å². The molecule has 1 aromatic rings. The van der Waals surface area contributed by atoms with E-state index in [0.717, 1.165) is 12.8 Å². The van der Waals surface area contributed by atoms with E-state index < -0.39 is 0 Å². The van der Waals surface area contributed by atoms with Crippen LogP contribution in [0.3, 0.4) is 0 Å². The zero-order valence-corrected chi connectivity index (χ0v) is 13.4. The summed E-state index contributed by atoms with van der Waals surface area (Å²) < 4.78 is 0. The topological polar surface area (TPSA) is 32.3 Å². The van der Waals surface area contributed by atoms with E-state index in [-0.39, 0.29) is 17.5 Å². The highest BCUT2D eigenvalue weighted by Crippen LogP contribution is 2.13. The zero-order chi connectivity index (χ0) is 15.2. The normalized spacial score (nSPS) is 11.7. The molecule has 3 nitrogen and oxygen atoms in total. The van der Waals surface area contributed by atoms with Crippen LogP contribution < -0.4 is 5.32 Å². The van der Waals surface area contributed by atoms with Crippen molar-refractivity contribution in [2.45, 2.75) is 52.1 Å². The number of hydrogen-bond acceptors (Lipinski definition) is 2. The molecule has 1 rings (SSSR count). The Hall–Kier alpha value is -1.35. The van der Waals surface area contributed by atoms with Crippen molar-refractivity contribution in [2.75, 3.05) is 13.6 Å². The minimum absolute atomic E-state index is 0.0384. The Balaban J connectivity index is 2.40. The Labute approximate surface area is 123 Å². The minimum atomic E-state index is -0.0384. The Kier molecular flexibility index (Phi) is 6.21. The van der Waals surface area contributed by atoms with E-state index >= 15 is 0 Å². The number of benzene rings is 1. The highest BCUT2D eigenvalue weighted by atomic mass is 16.2. The van der Waals surface area contributed by atoms with Gasteiger partial charge in [-0.25, -0.2) is 0 Å². The van der Waals surface area contributed by atoms with E-state index in [1.807, 2.05) is 27.0 Å². The van der Waals surface area contributed by atoms with Crippen molar-refractivity contribution in [3.8, 4) is 0 Å². The number of hydrogen-bond donors (Lipinski definition) is 1. The number of carbonyl (C=O) groups is 1. The van der Waals surface area contributed by atoms with Gasteiger partial charge in [-0.05, 0) is 46.1 Å². The van der Waals surface area contributed by atoms with Crippen LogP contribution in [0, 0.1) is 0 Å². The first-order valence-corrected chi connectivity index (χ1v) is 7.36. The third-order valence-corrected chi connectivity index (χ3v) is 3.77. The largest absolute Gasteiger partial charge is 0.342 e. The summed E-state index contributed by atoms with van der Waals surface area (Å²) in [5.74, 6) is 0.146. The predicted molar refractivity (Wildman–Crippen MR) is 84.8 cm³/mol. The number of nitrogens with zero attached hydrogens (tertiary/aromatic N) is 1. The molecule has 0 spiro atoms. The standard InChI is InChI=1S/C17H28N2O/c1-14(2)19(5)16(20)13-18-17(3,4)12-11-15-9-7-6-8-10-15/h6-10,14,18H,11-13H2,1-5H3. The molecule has 1 amide bonds. The fourth-order valence-corrected chi connectivity index (χ4v) is 1.92. The average molecular weight is 276 g/mol.